The summed E-state index contributed by atoms with van der Waals surface area (Å²) in [6, 6.07) is 7.41. The molecule has 0 unspecified atom stereocenters. The van der Waals surface area contributed by atoms with Crippen LogP contribution in [0.3, 0.4) is 0 Å². The van der Waals surface area contributed by atoms with Gasteiger partial charge in [-0.3, -0.25) is 4.79 Å². The van der Waals surface area contributed by atoms with Crippen LogP contribution in [0.5, 0.6) is 0 Å². The van der Waals surface area contributed by atoms with E-state index in [1.807, 2.05) is 24.3 Å². The van der Waals surface area contributed by atoms with Crippen LogP contribution in [-0.2, 0) is 19.8 Å². The van der Waals surface area contributed by atoms with Crippen LogP contribution in [0.1, 0.15) is 39.2 Å². The van der Waals surface area contributed by atoms with E-state index in [4.69, 9.17) is 10.4 Å². The zero-order valence-corrected chi connectivity index (χ0v) is 16.1. The third-order valence-corrected chi connectivity index (χ3v) is 5.03. The van der Waals surface area contributed by atoms with E-state index >= 15 is 0 Å². The molecule has 1 fully saturated rings. The minimum Gasteiger partial charge on any atom is -0.367 e. The zero-order chi connectivity index (χ0) is 18.7. The molecular weight excluding hydrogens is 388 g/mol. The summed E-state index contributed by atoms with van der Waals surface area (Å²) < 4.78 is 0.789. The van der Waals surface area contributed by atoms with Gasteiger partial charge in [0.15, 0.2) is 0 Å². The molecule has 2 rings (SSSR count). The van der Waals surface area contributed by atoms with Gasteiger partial charge >= 0.3 is 5.97 Å². The Labute approximate surface area is 155 Å². The number of rotatable bonds is 3. The SMILES string of the molecule is CC(C)(C)C(=O)ON1CCC(C(=O)N=[N+]=[N-])(c2ccccc2Br)CC1. The highest BCUT2D eigenvalue weighted by atomic mass is 79.9. The number of hydroxylamine groups is 2. The number of azide groups is 1. The third kappa shape index (κ3) is 4.21. The summed E-state index contributed by atoms with van der Waals surface area (Å²) in [6.07, 6.45) is 0.787. The number of carbonyl (C=O) groups excluding carboxylic acids is 2. The van der Waals surface area contributed by atoms with Crippen LogP contribution in [0.15, 0.2) is 33.9 Å². The molecule has 1 aromatic carbocycles. The predicted octanol–water partition coefficient (Wildman–Crippen LogP) is 4.12. The van der Waals surface area contributed by atoms with Gasteiger partial charge in [0.05, 0.1) is 10.8 Å². The first kappa shape index (κ1) is 19.4. The molecule has 0 radical (unpaired) electrons. The zero-order valence-electron chi connectivity index (χ0n) is 14.5. The number of halogens is 1. The molecule has 1 amide bonds. The number of carbonyl (C=O) groups is 2. The van der Waals surface area contributed by atoms with Gasteiger partial charge in [-0.2, -0.15) is 0 Å². The Morgan fingerprint density at radius 3 is 2.40 bits per heavy atom. The lowest BCUT2D eigenvalue weighted by molar-refractivity contribution is -0.206. The Balaban J connectivity index is 2.25. The topological polar surface area (TPSA) is 95.4 Å². The van der Waals surface area contributed by atoms with Crippen molar-refractivity contribution in [3.05, 3.63) is 44.7 Å². The van der Waals surface area contributed by atoms with Crippen LogP contribution < -0.4 is 0 Å². The number of piperidine rings is 1. The van der Waals surface area contributed by atoms with Crippen LogP contribution in [0.2, 0.25) is 0 Å². The van der Waals surface area contributed by atoms with Gasteiger partial charge in [0.1, 0.15) is 0 Å². The highest BCUT2D eigenvalue weighted by molar-refractivity contribution is 9.10. The molecule has 0 aliphatic carbocycles. The molecule has 1 saturated heterocycles. The van der Waals surface area contributed by atoms with Crippen LogP contribution >= 0.6 is 15.9 Å². The molecule has 0 N–H and O–H groups in total. The number of hydrogen-bond acceptors (Lipinski definition) is 4. The molecule has 8 heteroatoms. The van der Waals surface area contributed by atoms with E-state index in [0.717, 1.165) is 10.0 Å². The van der Waals surface area contributed by atoms with Gasteiger partial charge in [0.2, 0.25) is 5.91 Å². The monoisotopic (exact) mass is 408 g/mol. The molecule has 1 heterocycles. The van der Waals surface area contributed by atoms with Crippen LogP contribution in [0, 0.1) is 5.41 Å². The fourth-order valence-corrected chi connectivity index (χ4v) is 3.46. The molecular formula is C17H21BrN4O3. The third-order valence-electron chi connectivity index (χ3n) is 4.33. The smallest absolute Gasteiger partial charge is 0.330 e. The van der Waals surface area contributed by atoms with E-state index in [9.17, 15) is 9.59 Å². The number of amides is 1. The maximum Gasteiger partial charge on any atom is 0.330 e. The Hall–Kier alpha value is -1.89. The molecule has 1 aliphatic rings. The van der Waals surface area contributed by atoms with Crippen molar-refractivity contribution in [3.8, 4) is 0 Å². The van der Waals surface area contributed by atoms with Crippen molar-refractivity contribution in [3.63, 3.8) is 0 Å². The lowest BCUT2D eigenvalue weighted by Gasteiger charge is -2.40. The van der Waals surface area contributed by atoms with Gasteiger partial charge in [-0.15, -0.1) is 5.06 Å². The van der Waals surface area contributed by atoms with Gasteiger partial charge in [0.25, 0.3) is 0 Å². The van der Waals surface area contributed by atoms with Gasteiger partial charge in [-0.05, 0) is 55.9 Å². The van der Waals surface area contributed by atoms with Crippen LogP contribution in [0.25, 0.3) is 10.4 Å². The summed E-state index contributed by atoms with van der Waals surface area (Å²) in [5, 5.41) is 4.93. The first-order valence-corrected chi connectivity index (χ1v) is 8.82. The average Bonchev–Trinajstić information content (AvgIpc) is 2.55. The Morgan fingerprint density at radius 1 is 1.28 bits per heavy atom. The van der Waals surface area contributed by atoms with Crippen LogP contribution in [-0.4, -0.2) is 30.0 Å². The average molecular weight is 409 g/mol. The van der Waals surface area contributed by atoms with Crippen molar-refractivity contribution in [2.24, 2.45) is 10.5 Å². The van der Waals surface area contributed by atoms with Crippen molar-refractivity contribution in [2.75, 3.05) is 13.1 Å². The second-order valence-corrected chi connectivity index (χ2v) is 7.97. The predicted molar refractivity (Wildman–Crippen MR) is 96.3 cm³/mol. The lowest BCUT2D eigenvalue weighted by atomic mass is 9.72. The molecule has 0 spiro atoms. The fraction of sp³-hybridized carbons (Fsp3) is 0.529. The normalized spacial score (nSPS) is 17.4. The highest BCUT2D eigenvalue weighted by Gasteiger charge is 2.44. The molecule has 134 valence electrons. The molecule has 1 aliphatic heterocycles. The van der Waals surface area contributed by atoms with Crippen molar-refractivity contribution in [2.45, 2.75) is 39.0 Å². The molecule has 0 saturated carbocycles. The second-order valence-electron chi connectivity index (χ2n) is 7.11. The minimum atomic E-state index is -0.920. The van der Waals surface area contributed by atoms with Crippen molar-refractivity contribution in [1.82, 2.24) is 5.06 Å². The number of nitrogens with zero attached hydrogens (tertiary/aromatic N) is 4. The summed E-state index contributed by atoms with van der Waals surface area (Å²) in [7, 11) is 0. The molecule has 0 bridgehead atoms. The first-order valence-electron chi connectivity index (χ1n) is 8.02. The Kier molecular flexibility index (Phi) is 5.87. The summed E-state index contributed by atoms with van der Waals surface area (Å²) >= 11 is 3.48. The van der Waals surface area contributed by atoms with E-state index in [-0.39, 0.29) is 5.97 Å². The van der Waals surface area contributed by atoms with E-state index in [2.05, 4.69) is 26.0 Å². The standard InChI is InChI=1S/C17H21BrN4O3/c1-16(2,3)15(24)25-22-10-8-17(9-11-22,14(23)20-21-19)12-6-4-5-7-13(12)18/h4-7H,8-11H2,1-3H3. The van der Waals surface area contributed by atoms with Crippen molar-refractivity contribution >= 4 is 27.8 Å². The highest BCUT2D eigenvalue weighted by Crippen LogP contribution is 2.40. The molecule has 7 nitrogen and oxygen atoms in total. The minimum absolute atomic E-state index is 0.317. The summed E-state index contributed by atoms with van der Waals surface area (Å²) in [6.45, 7) is 6.13. The van der Waals surface area contributed by atoms with Gasteiger partial charge in [-0.1, -0.05) is 34.1 Å². The van der Waals surface area contributed by atoms with Crippen LogP contribution in [0.4, 0.5) is 0 Å². The van der Waals surface area contributed by atoms with E-state index in [1.165, 1.54) is 0 Å². The lowest BCUT2D eigenvalue weighted by Crippen LogP contribution is -2.48. The Morgan fingerprint density at radius 2 is 1.88 bits per heavy atom. The summed E-state index contributed by atoms with van der Waals surface area (Å²) in [4.78, 5) is 32.7. The maximum absolute atomic E-state index is 12.6. The summed E-state index contributed by atoms with van der Waals surface area (Å²) in [5.41, 5.74) is 7.97. The molecule has 0 aromatic heterocycles. The fourth-order valence-electron chi connectivity index (χ4n) is 2.80. The molecule has 0 atom stereocenters. The van der Waals surface area contributed by atoms with Crippen molar-refractivity contribution in [1.29, 1.82) is 0 Å². The molecule has 1 aromatic rings. The van der Waals surface area contributed by atoms with E-state index in [1.54, 1.807) is 25.8 Å². The number of benzene rings is 1. The van der Waals surface area contributed by atoms with Gasteiger partial charge < -0.3 is 4.84 Å². The van der Waals surface area contributed by atoms with Crippen molar-refractivity contribution < 1.29 is 14.4 Å². The first-order chi connectivity index (χ1) is 11.7. The Bertz CT molecular complexity index is 715. The molecule has 25 heavy (non-hydrogen) atoms. The van der Waals surface area contributed by atoms with E-state index in [0.29, 0.717) is 25.9 Å². The van der Waals surface area contributed by atoms with Gasteiger partial charge in [0, 0.05) is 22.5 Å². The maximum atomic E-state index is 12.6. The second kappa shape index (κ2) is 7.56. The largest absolute Gasteiger partial charge is 0.367 e. The summed E-state index contributed by atoms with van der Waals surface area (Å²) in [5.74, 6) is -0.828. The van der Waals surface area contributed by atoms with Gasteiger partial charge in [-0.25, -0.2) is 4.79 Å². The quantitative estimate of drug-likeness (QED) is 0.426. The van der Waals surface area contributed by atoms with E-state index < -0.39 is 16.7 Å². The number of hydrogen-bond donors (Lipinski definition) is 0.